The third kappa shape index (κ3) is 2.48. The highest BCUT2D eigenvalue weighted by atomic mass is 16.3. The van der Waals surface area contributed by atoms with E-state index in [1.165, 1.54) is 19.1 Å². The van der Waals surface area contributed by atoms with Crippen molar-refractivity contribution < 1.29 is 14.7 Å². The summed E-state index contributed by atoms with van der Waals surface area (Å²) in [5.74, 6) is -0.358. The quantitative estimate of drug-likeness (QED) is 0.494. The van der Waals surface area contributed by atoms with Crippen LogP contribution in [0, 0.1) is 0 Å². The lowest BCUT2D eigenvalue weighted by Crippen LogP contribution is -2.06. The standard InChI is InChI=1S/C9H10N2O3/c1-6(13)11-8-3-2-7(10-5-12)4-9(8)14/h2-5,14H,1H3,(H,10,12)(H,11,13). The lowest BCUT2D eigenvalue weighted by molar-refractivity contribution is -0.114. The summed E-state index contributed by atoms with van der Waals surface area (Å²) < 4.78 is 0. The van der Waals surface area contributed by atoms with Crippen molar-refractivity contribution in [3.63, 3.8) is 0 Å². The highest BCUT2D eigenvalue weighted by molar-refractivity contribution is 5.91. The topological polar surface area (TPSA) is 78.4 Å². The molecule has 2 amide bonds. The fourth-order valence-corrected chi connectivity index (χ4v) is 0.985. The molecule has 0 aliphatic rings. The summed E-state index contributed by atoms with van der Waals surface area (Å²) in [6, 6.07) is 4.42. The maximum absolute atomic E-state index is 10.7. The summed E-state index contributed by atoms with van der Waals surface area (Å²) in [5.41, 5.74) is 0.778. The largest absolute Gasteiger partial charge is 0.506 e. The summed E-state index contributed by atoms with van der Waals surface area (Å²) in [7, 11) is 0. The summed E-state index contributed by atoms with van der Waals surface area (Å²) in [5, 5.41) is 14.2. The number of anilines is 2. The van der Waals surface area contributed by atoms with E-state index in [1.54, 1.807) is 6.07 Å². The number of benzene rings is 1. The molecule has 0 atom stereocenters. The van der Waals surface area contributed by atoms with E-state index < -0.39 is 0 Å². The molecular weight excluding hydrogens is 184 g/mol. The summed E-state index contributed by atoms with van der Waals surface area (Å²) in [6.45, 7) is 1.34. The Kier molecular flexibility index (Phi) is 3.06. The smallest absolute Gasteiger partial charge is 0.221 e. The molecule has 5 nitrogen and oxygen atoms in total. The first-order valence-electron chi connectivity index (χ1n) is 3.94. The highest BCUT2D eigenvalue weighted by Crippen LogP contribution is 2.26. The number of carbonyl (C=O) groups is 2. The minimum Gasteiger partial charge on any atom is -0.506 e. The van der Waals surface area contributed by atoms with E-state index in [0.717, 1.165) is 0 Å². The molecule has 0 heterocycles. The van der Waals surface area contributed by atoms with Crippen LogP contribution in [0.4, 0.5) is 11.4 Å². The molecule has 5 heteroatoms. The van der Waals surface area contributed by atoms with E-state index in [4.69, 9.17) is 0 Å². The van der Waals surface area contributed by atoms with Gasteiger partial charge in [-0.05, 0) is 12.1 Å². The van der Waals surface area contributed by atoms with Gasteiger partial charge in [0.2, 0.25) is 12.3 Å². The van der Waals surface area contributed by atoms with E-state index >= 15 is 0 Å². The first-order valence-corrected chi connectivity index (χ1v) is 3.94. The Morgan fingerprint density at radius 2 is 2.21 bits per heavy atom. The van der Waals surface area contributed by atoms with Gasteiger partial charge in [-0.1, -0.05) is 0 Å². The number of rotatable bonds is 3. The maximum Gasteiger partial charge on any atom is 0.221 e. The molecule has 14 heavy (non-hydrogen) atoms. The van der Waals surface area contributed by atoms with Crippen LogP contribution >= 0.6 is 0 Å². The van der Waals surface area contributed by atoms with Crippen LogP contribution in [-0.2, 0) is 9.59 Å². The zero-order chi connectivity index (χ0) is 10.6. The van der Waals surface area contributed by atoms with Gasteiger partial charge in [-0.3, -0.25) is 9.59 Å². The molecule has 0 radical (unpaired) electrons. The van der Waals surface area contributed by atoms with Crippen molar-refractivity contribution in [3.05, 3.63) is 18.2 Å². The minimum atomic E-state index is -0.267. The number of nitrogens with one attached hydrogen (secondary N) is 2. The Bertz CT molecular complexity index is 363. The molecule has 0 aromatic heterocycles. The van der Waals surface area contributed by atoms with Crippen LogP contribution in [0.25, 0.3) is 0 Å². The van der Waals surface area contributed by atoms with Gasteiger partial charge in [-0.15, -0.1) is 0 Å². The molecular formula is C9H10N2O3. The molecule has 0 unspecified atom stereocenters. The van der Waals surface area contributed by atoms with Crippen LogP contribution in [0.5, 0.6) is 5.75 Å². The lowest BCUT2D eigenvalue weighted by atomic mass is 10.2. The van der Waals surface area contributed by atoms with Gasteiger partial charge in [-0.2, -0.15) is 0 Å². The van der Waals surface area contributed by atoms with Gasteiger partial charge < -0.3 is 15.7 Å². The first kappa shape index (κ1) is 10.0. The van der Waals surface area contributed by atoms with Gasteiger partial charge in [0, 0.05) is 18.7 Å². The van der Waals surface area contributed by atoms with Gasteiger partial charge in [0.25, 0.3) is 0 Å². The van der Waals surface area contributed by atoms with E-state index in [1.807, 2.05) is 0 Å². The number of aromatic hydroxyl groups is 1. The molecule has 0 bridgehead atoms. The van der Waals surface area contributed by atoms with Crippen molar-refractivity contribution in [2.24, 2.45) is 0 Å². The van der Waals surface area contributed by atoms with Crippen molar-refractivity contribution in [1.82, 2.24) is 0 Å². The van der Waals surface area contributed by atoms with Crippen LogP contribution in [-0.4, -0.2) is 17.4 Å². The Labute approximate surface area is 80.7 Å². The predicted molar refractivity (Wildman–Crippen MR) is 52.1 cm³/mol. The molecule has 0 fully saturated rings. The average molecular weight is 194 g/mol. The van der Waals surface area contributed by atoms with E-state index in [9.17, 15) is 14.7 Å². The number of hydrogen-bond donors (Lipinski definition) is 3. The first-order chi connectivity index (χ1) is 6.63. The Balaban J connectivity index is 2.89. The third-order valence-corrected chi connectivity index (χ3v) is 1.53. The molecule has 3 N–H and O–H groups in total. The monoisotopic (exact) mass is 194 g/mol. The minimum absolute atomic E-state index is 0.0907. The van der Waals surface area contributed by atoms with Crippen LogP contribution in [0.2, 0.25) is 0 Å². The SMILES string of the molecule is CC(=O)Nc1ccc(NC=O)cc1O. The number of amides is 2. The highest BCUT2D eigenvalue weighted by Gasteiger charge is 2.03. The lowest BCUT2D eigenvalue weighted by Gasteiger charge is -2.06. The summed E-state index contributed by atoms with van der Waals surface area (Å²) in [6.07, 6.45) is 0.507. The Morgan fingerprint density at radius 3 is 2.71 bits per heavy atom. The second kappa shape index (κ2) is 4.27. The van der Waals surface area contributed by atoms with Crippen molar-refractivity contribution >= 4 is 23.7 Å². The van der Waals surface area contributed by atoms with E-state index in [-0.39, 0.29) is 11.7 Å². The van der Waals surface area contributed by atoms with Crippen molar-refractivity contribution in [1.29, 1.82) is 0 Å². The summed E-state index contributed by atoms with van der Waals surface area (Å²) in [4.78, 5) is 20.8. The van der Waals surface area contributed by atoms with Gasteiger partial charge >= 0.3 is 0 Å². The molecule has 0 aliphatic heterocycles. The van der Waals surface area contributed by atoms with Crippen molar-refractivity contribution in [3.8, 4) is 5.75 Å². The fourth-order valence-electron chi connectivity index (χ4n) is 0.985. The summed E-state index contributed by atoms with van der Waals surface area (Å²) >= 11 is 0. The molecule has 1 rings (SSSR count). The van der Waals surface area contributed by atoms with Gasteiger partial charge in [0.1, 0.15) is 5.75 Å². The predicted octanol–water partition coefficient (Wildman–Crippen LogP) is 0.919. The van der Waals surface area contributed by atoms with Gasteiger partial charge in [-0.25, -0.2) is 0 Å². The zero-order valence-corrected chi connectivity index (χ0v) is 7.57. The Morgan fingerprint density at radius 1 is 1.50 bits per heavy atom. The molecule has 0 spiro atoms. The van der Waals surface area contributed by atoms with Crippen molar-refractivity contribution in [2.45, 2.75) is 6.92 Å². The number of carbonyl (C=O) groups excluding carboxylic acids is 2. The Hall–Kier alpha value is -2.04. The van der Waals surface area contributed by atoms with E-state index in [0.29, 0.717) is 17.8 Å². The third-order valence-electron chi connectivity index (χ3n) is 1.53. The van der Waals surface area contributed by atoms with Crippen LogP contribution in [0.3, 0.4) is 0 Å². The number of phenolic OH excluding ortho intramolecular Hbond substituents is 1. The van der Waals surface area contributed by atoms with E-state index in [2.05, 4.69) is 10.6 Å². The second-order valence-corrected chi connectivity index (χ2v) is 2.68. The molecule has 1 aromatic rings. The number of hydrogen-bond acceptors (Lipinski definition) is 3. The molecule has 0 saturated heterocycles. The van der Waals surface area contributed by atoms with Gasteiger partial charge in [0.15, 0.2) is 0 Å². The van der Waals surface area contributed by atoms with Crippen molar-refractivity contribution in [2.75, 3.05) is 10.6 Å². The fraction of sp³-hybridized carbons (Fsp3) is 0.111. The van der Waals surface area contributed by atoms with Gasteiger partial charge in [0.05, 0.1) is 5.69 Å². The number of phenols is 1. The molecule has 0 saturated carbocycles. The second-order valence-electron chi connectivity index (χ2n) is 2.68. The molecule has 74 valence electrons. The normalized spacial score (nSPS) is 9.21. The average Bonchev–Trinajstić information content (AvgIpc) is 2.10. The molecule has 0 aliphatic carbocycles. The zero-order valence-electron chi connectivity index (χ0n) is 7.57. The molecule has 1 aromatic carbocycles. The maximum atomic E-state index is 10.7. The van der Waals surface area contributed by atoms with Crippen LogP contribution in [0.15, 0.2) is 18.2 Å². The van der Waals surface area contributed by atoms with Crippen LogP contribution < -0.4 is 10.6 Å². The van der Waals surface area contributed by atoms with Crippen LogP contribution in [0.1, 0.15) is 6.92 Å².